The number of thioether (sulfide) groups is 1. The molecule has 2 heterocycles. The molecule has 11 nitrogen and oxygen atoms in total. The van der Waals surface area contributed by atoms with Gasteiger partial charge in [0, 0.05) is 12.3 Å². The lowest BCUT2D eigenvalue weighted by atomic mass is 10.4. The monoisotopic (exact) mass is 389 g/mol. The zero-order chi connectivity index (χ0) is 19.3. The lowest BCUT2D eigenvalue weighted by Crippen LogP contribution is -2.33. The van der Waals surface area contributed by atoms with E-state index < -0.39 is 23.0 Å². The Morgan fingerprint density at radius 1 is 1.04 bits per heavy atom. The summed E-state index contributed by atoms with van der Waals surface area (Å²) < 4.78 is 28.4. The van der Waals surface area contributed by atoms with Crippen LogP contribution in [0.3, 0.4) is 0 Å². The Labute approximate surface area is 149 Å². The maximum absolute atomic E-state index is 11.8. The van der Waals surface area contributed by atoms with Gasteiger partial charge in [-0.2, -0.15) is 0 Å². The third kappa shape index (κ3) is 4.81. The largest absolute Gasteiger partial charge is 0.520 e. The summed E-state index contributed by atoms with van der Waals surface area (Å²) >= 11 is 0.760. The highest BCUT2D eigenvalue weighted by molar-refractivity contribution is 8.13. The third-order valence-corrected chi connectivity index (χ3v) is 3.79. The zero-order valence-electron chi connectivity index (χ0n) is 14.1. The van der Waals surface area contributed by atoms with Gasteiger partial charge in [-0.1, -0.05) is 0 Å². The van der Waals surface area contributed by atoms with Gasteiger partial charge in [0.05, 0.1) is 7.11 Å². The molecule has 0 radical (unpaired) electrons. The minimum atomic E-state index is -0.963. The van der Waals surface area contributed by atoms with Crippen molar-refractivity contribution in [2.24, 2.45) is 0 Å². The van der Waals surface area contributed by atoms with Crippen LogP contribution >= 0.6 is 11.8 Å². The molecular formula is C14H15NO10S. The van der Waals surface area contributed by atoms with Crippen LogP contribution in [0.4, 0.5) is 15.5 Å². The van der Waals surface area contributed by atoms with Gasteiger partial charge in [0.15, 0.2) is 23.9 Å². The first-order chi connectivity index (χ1) is 12.3. The molecule has 0 N–H and O–H groups in total. The number of methoxy groups -OCH3 is 1. The molecule has 142 valence electrons. The van der Waals surface area contributed by atoms with Gasteiger partial charge in [-0.05, 0) is 25.6 Å². The second-order valence-corrected chi connectivity index (χ2v) is 5.79. The van der Waals surface area contributed by atoms with Crippen LogP contribution in [0.1, 0.15) is 17.3 Å². The highest BCUT2D eigenvalue weighted by Crippen LogP contribution is 2.20. The van der Waals surface area contributed by atoms with E-state index in [1.54, 1.807) is 0 Å². The minimum Gasteiger partial charge on any atom is -0.452 e. The molecule has 0 aliphatic heterocycles. The second-order valence-electron chi connectivity index (χ2n) is 4.76. The molecule has 0 saturated heterocycles. The Kier molecular flexibility index (Phi) is 6.33. The normalized spacial score (nSPS) is 10.6. The summed E-state index contributed by atoms with van der Waals surface area (Å²) in [6.07, 6.45) is -0.789. The summed E-state index contributed by atoms with van der Waals surface area (Å²) in [4.78, 5) is 46.6. The summed E-state index contributed by atoms with van der Waals surface area (Å²) in [5.74, 6) is -1.42. The number of ether oxygens (including phenoxy) is 2. The second kappa shape index (κ2) is 8.47. The fourth-order valence-corrected chi connectivity index (χ4v) is 2.45. The average molecular weight is 389 g/mol. The van der Waals surface area contributed by atoms with E-state index in [9.17, 15) is 19.2 Å². The molecule has 0 aromatic carbocycles. The van der Waals surface area contributed by atoms with Crippen molar-refractivity contribution < 1.29 is 36.7 Å². The Balaban J connectivity index is 1.88. The SMILES string of the molecule is COC(=O)N(CCSC(=O)OCc1oc(=O)oc1C)c1oc(=O)oc1C. The maximum atomic E-state index is 11.8. The van der Waals surface area contributed by atoms with Crippen LogP contribution < -0.4 is 16.5 Å². The van der Waals surface area contributed by atoms with Crippen LogP contribution in [0, 0.1) is 13.8 Å². The Hall–Kier alpha value is -2.89. The molecule has 0 aliphatic rings. The highest BCUT2D eigenvalue weighted by atomic mass is 32.2. The van der Waals surface area contributed by atoms with Crippen molar-refractivity contribution in [3.05, 3.63) is 38.5 Å². The summed E-state index contributed by atoms with van der Waals surface area (Å²) in [6.45, 7) is 2.66. The van der Waals surface area contributed by atoms with Crippen molar-refractivity contribution in [3.8, 4) is 0 Å². The molecule has 2 rings (SSSR count). The minimum absolute atomic E-state index is 0.0183. The zero-order valence-corrected chi connectivity index (χ0v) is 14.9. The van der Waals surface area contributed by atoms with Crippen molar-refractivity contribution in [2.45, 2.75) is 20.5 Å². The van der Waals surface area contributed by atoms with E-state index in [4.69, 9.17) is 18.0 Å². The number of carbonyl (C=O) groups is 2. The highest BCUT2D eigenvalue weighted by Gasteiger charge is 2.24. The molecule has 0 saturated carbocycles. The van der Waals surface area contributed by atoms with Crippen LogP contribution in [0.15, 0.2) is 27.3 Å². The topological polar surface area (TPSA) is 143 Å². The number of rotatable bonds is 6. The fourth-order valence-electron chi connectivity index (χ4n) is 1.86. The Morgan fingerprint density at radius 3 is 2.23 bits per heavy atom. The number of nitrogens with zero attached hydrogens (tertiary/aromatic N) is 1. The number of aryl methyl sites for hydroxylation is 2. The van der Waals surface area contributed by atoms with Crippen molar-refractivity contribution >= 4 is 29.0 Å². The summed E-state index contributed by atoms with van der Waals surface area (Å²) in [5.41, 5.74) is 0. The molecule has 2 aromatic heterocycles. The first-order valence-electron chi connectivity index (χ1n) is 7.16. The number of carbonyl (C=O) groups excluding carboxylic acids is 2. The molecule has 1 amide bonds. The Morgan fingerprint density at radius 2 is 1.69 bits per heavy atom. The summed E-state index contributed by atoms with van der Waals surface area (Å²) in [7, 11) is 1.16. The lowest BCUT2D eigenvalue weighted by molar-refractivity contribution is 0.157. The third-order valence-electron chi connectivity index (χ3n) is 3.05. The number of hydrogen-bond acceptors (Lipinski definition) is 11. The van der Waals surface area contributed by atoms with Crippen molar-refractivity contribution in [3.63, 3.8) is 0 Å². The first-order valence-corrected chi connectivity index (χ1v) is 8.15. The number of anilines is 1. The van der Waals surface area contributed by atoms with Crippen LogP contribution in [-0.4, -0.2) is 30.8 Å². The molecule has 0 unspecified atom stereocenters. The molecule has 26 heavy (non-hydrogen) atoms. The van der Waals surface area contributed by atoms with E-state index in [2.05, 4.69) is 9.15 Å². The van der Waals surface area contributed by atoms with E-state index in [0.29, 0.717) is 0 Å². The van der Waals surface area contributed by atoms with Gasteiger partial charge >= 0.3 is 23.0 Å². The van der Waals surface area contributed by atoms with Crippen molar-refractivity contribution in [2.75, 3.05) is 24.3 Å². The van der Waals surface area contributed by atoms with E-state index in [1.807, 2.05) is 0 Å². The van der Waals surface area contributed by atoms with Gasteiger partial charge in [-0.3, -0.25) is 0 Å². The molecule has 12 heteroatoms. The van der Waals surface area contributed by atoms with Crippen LogP contribution in [0.5, 0.6) is 0 Å². The number of hydrogen-bond donors (Lipinski definition) is 0. The van der Waals surface area contributed by atoms with Gasteiger partial charge in [-0.15, -0.1) is 0 Å². The van der Waals surface area contributed by atoms with E-state index >= 15 is 0 Å². The average Bonchev–Trinajstić information content (AvgIpc) is 3.09. The summed E-state index contributed by atoms with van der Waals surface area (Å²) in [5, 5.41) is -0.663. The van der Waals surface area contributed by atoms with E-state index in [1.165, 1.54) is 13.8 Å². The maximum Gasteiger partial charge on any atom is 0.520 e. The molecule has 0 spiro atoms. The van der Waals surface area contributed by atoms with Gasteiger partial charge in [0.2, 0.25) is 0 Å². The van der Waals surface area contributed by atoms with Crippen LogP contribution in [-0.2, 0) is 16.1 Å². The summed E-state index contributed by atoms with van der Waals surface area (Å²) in [6, 6.07) is 0. The lowest BCUT2D eigenvalue weighted by Gasteiger charge is -2.17. The van der Waals surface area contributed by atoms with E-state index in [0.717, 1.165) is 23.8 Å². The van der Waals surface area contributed by atoms with Gasteiger partial charge in [0.1, 0.15) is 0 Å². The number of amides is 1. The van der Waals surface area contributed by atoms with Crippen molar-refractivity contribution in [1.29, 1.82) is 0 Å². The predicted molar refractivity (Wildman–Crippen MR) is 86.4 cm³/mol. The molecule has 0 atom stereocenters. The Bertz CT molecular complexity index is 888. The molecule has 2 aromatic rings. The first kappa shape index (κ1) is 19.4. The fraction of sp³-hybridized carbons (Fsp3) is 0.429. The standard InChI is InChI=1S/C14H15NO10S/c1-7-9(24-12(17)22-7)6-21-14(19)26-5-4-15(11(16)20-3)10-8(2)23-13(18)25-10/h4-6H2,1-3H3. The van der Waals surface area contributed by atoms with Crippen LogP contribution in [0.25, 0.3) is 0 Å². The van der Waals surface area contributed by atoms with Gasteiger partial charge in [-0.25, -0.2) is 24.1 Å². The van der Waals surface area contributed by atoms with Crippen molar-refractivity contribution in [1.82, 2.24) is 0 Å². The smallest absolute Gasteiger partial charge is 0.452 e. The van der Waals surface area contributed by atoms with Gasteiger partial charge < -0.3 is 27.1 Å². The van der Waals surface area contributed by atoms with E-state index in [-0.39, 0.29) is 42.1 Å². The molecular weight excluding hydrogens is 374 g/mol. The quantitative estimate of drug-likeness (QED) is 0.669. The molecule has 0 fully saturated rings. The van der Waals surface area contributed by atoms with Gasteiger partial charge in [0.25, 0.3) is 5.88 Å². The molecule has 0 aliphatic carbocycles. The molecule has 0 bridgehead atoms. The van der Waals surface area contributed by atoms with Crippen LogP contribution in [0.2, 0.25) is 0 Å². The predicted octanol–water partition coefficient (Wildman–Crippen LogP) is 2.04.